The van der Waals surface area contributed by atoms with Crippen LogP contribution in [0.1, 0.15) is 0 Å². The number of nitrogens with zero attached hydrogens (tertiary/aromatic N) is 4. The van der Waals surface area contributed by atoms with Crippen LogP contribution in [0.4, 0.5) is 0 Å². The second-order valence-corrected chi connectivity index (χ2v) is 8.94. The molecule has 172 valence electrons. The largest absolute Gasteiger partial charge is 0.497 e. The third-order valence-electron chi connectivity index (χ3n) is 4.64. The van der Waals surface area contributed by atoms with Crippen molar-refractivity contribution in [2.45, 2.75) is 4.90 Å². The highest BCUT2D eigenvalue weighted by Crippen LogP contribution is 2.32. The fraction of sp³-hybridized carbons (Fsp3) is 0.190. The van der Waals surface area contributed by atoms with E-state index in [4.69, 9.17) is 25.8 Å². The predicted molar refractivity (Wildman–Crippen MR) is 121 cm³/mol. The Balaban J connectivity index is 1.49. The van der Waals surface area contributed by atoms with Crippen LogP contribution in [-0.4, -0.2) is 55.6 Å². The number of nitrogens with one attached hydrogen (secondary N) is 1. The Morgan fingerprint density at radius 3 is 2.64 bits per heavy atom. The van der Waals surface area contributed by atoms with Gasteiger partial charge in [-0.3, -0.25) is 0 Å². The Kier molecular flexibility index (Phi) is 6.63. The first-order valence-corrected chi connectivity index (χ1v) is 11.6. The molecule has 0 aliphatic rings. The summed E-state index contributed by atoms with van der Waals surface area (Å²) >= 11 is 5.87. The molecule has 1 N–H and O–H groups in total. The first kappa shape index (κ1) is 22.8. The van der Waals surface area contributed by atoms with E-state index in [1.807, 2.05) is 0 Å². The van der Waals surface area contributed by atoms with Crippen molar-refractivity contribution in [3.05, 3.63) is 59.6 Å². The summed E-state index contributed by atoms with van der Waals surface area (Å²) in [5.41, 5.74) is 1.15. The number of fused-ring (bicyclic) bond motifs is 1. The van der Waals surface area contributed by atoms with Crippen LogP contribution < -0.4 is 18.9 Å². The van der Waals surface area contributed by atoms with Gasteiger partial charge in [0.25, 0.3) is 0 Å². The van der Waals surface area contributed by atoms with E-state index in [9.17, 15) is 8.42 Å². The number of rotatable bonds is 9. The van der Waals surface area contributed by atoms with Crippen molar-refractivity contribution in [1.82, 2.24) is 24.5 Å². The fourth-order valence-corrected chi connectivity index (χ4v) is 4.37. The van der Waals surface area contributed by atoms with Crippen molar-refractivity contribution in [2.24, 2.45) is 0 Å². The van der Waals surface area contributed by atoms with E-state index in [2.05, 4.69) is 20.0 Å². The minimum Gasteiger partial charge on any atom is -0.497 e. The van der Waals surface area contributed by atoms with Crippen LogP contribution in [0.2, 0.25) is 5.02 Å². The molecule has 0 saturated heterocycles. The second-order valence-electron chi connectivity index (χ2n) is 6.74. The summed E-state index contributed by atoms with van der Waals surface area (Å²) in [6.45, 7) is 0.0888. The maximum absolute atomic E-state index is 12.4. The highest BCUT2D eigenvalue weighted by Gasteiger charge is 2.17. The minimum absolute atomic E-state index is 0.0350. The Morgan fingerprint density at radius 2 is 1.88 bits per heavy atom. The molecular weight excluding hydrogens is 470 g/mol. The van der Waals surface area contributed by atoms with Gasteiger partial charge in [-0.1, -0.05) is 17.7 Å². The molecule has 2 aromatic carbocycles. The summed E-state index contributed by atoms with van der Waals surface area (Å²) < 4.78 is 45.1. The van der Waals surface area contributed by atoms with Gasteiger partial charge in [-0.15, -0.1) is 15.3 Å². The lowest BCUT2D eigenvalue weighted by Crippen LogP contribution is -2.28. The van der Waals surface area contributed by atoms with Crippen LogP contribution in [-0.2, 0) is 10.0 Å². The van der Waals surface area contributed by atoms with Gasteiger partial charge in [-0.2, -0.15) is 4.52 Å². The first-order chi connectivity index (χ1) is 15.9. The summed E-state index contributed by atoms with van der Waals surface area (Å²) in [6.07, 6.45) is 0. The first-order valence-electron chi connectivity index (χ1n) is 9.74. The number of halogens is 1. The zero-order chi connectivity index (χ0) is 23.4. The quantitative estimate of drug-likeness (QED) is 0.357. The van der Waals surface area contributed by atoms with Crippen molar-refractivity contribution in [3.8, 4) is 28.8 Å². The van der Waals surface area contributed by atoms with Gasteiger partial charge in [0.1, 0.15) is 18.1 Å². The van der Waals surface area contributed by atoms with Gasteiger partial charge in [0.05, 0.1) is 24.7 Å². The maximum atomic E-state index is 12.4. The van der Waals surface area contributed by atoms with Crippen molar-refractivity contribution < 1.29 is 22.6 Å². The molecule has 4 aromatic rings. The van der Waals surface area contributed by atoms with E-state index in [1.54, 1.807) is 56.7 Å². The van der Waals surface area contributed by atoms with Crippen molar-refractivity contribution >= 4 is 27.3 Å². The van der Waals surface area contributed by atoms with Crippen LogP contribution in [0.5, 0.6) is 17.4 Å². The lowest BCUT2D eigenvalue weighted by Gasteiger charge is -2.10. The summed E-state index contributed by atoms with van der Waals surface area (Å²) in [5, 5.41) is 13.1. The predicted octanol–water partition coefficient (Wildman–Crippen LogP) is 2.82. The smallest absolute Gasteiger partial charge is 0.240 e. The number of ether oxygens (including phenoxy) is 3. The molecule has 0 unspecified atom stereocenters. The second kappa shape index (κ2) is 9.61. The number of methoxy groups -OCH3 is 2. The standard InChI is InChI=1S/C21H20ClN5O5S/c1-30-15-6-7-18(31-2)17(13-15)21-25-24-19-8-9-20(26-27(19)21)32-11-10-23-33(28,29)16-5-3-4-14(22)12-16/h3-9,12-13,23H,10-11H2,1-2H3. The molecule has 10 nitrogen and oxygen atoms in total. The van der Waals surface area contributed by atoms with Gasteiger partial charge in [-0.25, -0.2) is 13.1 Å². The summed E-state index contributed by atoms with van der Waals surface area (Å²) in [5.74, 6) is 1.91. The zero-order valence-electron chi connectivity index (χ0n) is 17.7. The molecule has 4 rings (SSSR count). The summed E-state index contributed by atoms with van der Waals surface area (Å²) in [4.78, 5) is 0.0795. The van der Waals surface area contributed by atoms with E-state index in [1.165, 1.54) is 16.6 Å². The summed E-state index contributed by atoms with van der Waals surface area (Å²) in [7, 11) is -0.582. The number of hydrogen-bond acceptors (Lipinski definition) is 8. The van der Waals surface area contributed by atoms with E-state index in [0.717, 1.165) is 0 Å². The van der Waals surface area contributed by atoms with Crippen molar-refractivity contribution in [1.29, 1.82) is 0 Å². The van der Waals surface area contributed by atoms with Gasteiger partial charge < -0.3 is 14.2 Å². The van der Waals surface area contributed by atoms with E-state index >= 15 is 0 Å². The average Bonchev–Trinajstić information content (AvgIpc) is 3.24. The molecule has 12 heteroatoms. The van der Waals surface area contributed by atoms with Crippen molar-refractivity contribution in [2.75, 3.05) is 27.4 Å². The van der Waals surface area contributed by atoms with Crippen LogP contribution in [0, 0.1) is 0 Å². The molecule has 0 saturated carbocycles. The van der Waals surface area contributed by atoms with Gasteiger partial charge >= 0.3 is 0 Å². The molecule has 0 atom stereocenters. The monoisotopic (exact) mass is 489 g/mol. The van der Waals surface area contributed by atoms with Crippen LogP contribution in [0.25, 0.3) is 17.0 Å². The third-order valence-corrected chi connectivity index (χ3v) is 6.33. The van der Waals surface area contributed by atoms with Gasteiger partial charge in [0.2, 0.25) is 15.9 Å². The lowest BCUT2D eigenvalue weighted by atomic mass is 10.2. The fourth-order valence-electron chi connectivity index (χ4n) is 3.05. The molecule has 33 heavy (non-hydrogen) atoms. The van der Waals surface area contributed by atoms with Crippen LogP contribution in [0.3, 0.4) is 0 Å². The average molecular weight is 490 g/mol. The third kappa shape index (κ3) is 5.00. The SMILES string of the molecule is COc1ccc(OC)c(-c2nnc3ccc(OCCNS(=O)(=O)c4cccc(Cl)c4)nn23)c1. The van der Waals surface area contributed by atoms with Gasteiger partial charge in [-0.05, 0) is 42.5 Å². The van der Waals surface area contributed by atoms with Gasteiger partial charge in [0.15, 0.2) is 11.5 Å². The number of aromatic nitrogens is 4. The molecule has 0 radical (unpaired) electrons. The maximum Gasteiger partial charge on any atom is 0.240 e. The Labute approximate surface area is 195 Å². The van der Waals surface area contributed by atoms with Gasteiger partial charge in [0, 0.05) is 17.6 Å². The molecular formula is C21H20ClN5O5S. The number of sulfonamides is 1. The Bertz CT molecular complexity index is 1390. The molecule has 0 fully saturated rings. The summed E-state index contributed by atoms with van der Waals surface area (Å²) in [6, 6.07) is 14.6. The van der Waals surface area contributed by atoms with Crippen molar-refractivity contribution in [3.63, 3.8) is 0 Å². The van der Waals surface area contributed by atoms with Crippen LogP contribution >= 0.6 is 11.6 Å². The Hall–Kier alpha value is -3.41. The highest BCUT2D eigenvalue weighted by molar-refractivity contribution is 7.89. The number of hydrogen-bond donors (Lipinski definition) is 1. The van der Waals surface area contributed by atoms with Crippen LogP contribution in [0.15, 0.2) is 59.5 Å². The van der Waals surface area contributed by atoms with E-state index in [-0.39, 0.29) is 23.9 Å². The minimum atomic E-state index is -3.71. The normalized spacial score (nSPS) is 11.5. The molecule has 0 amide bonds. The topological polar surface area (TPSA) is 117 Å². The molecule has 0 bridgehead atoms. The van der Waals surface area contributed by atoms with E-state index in [0.29, 0.717) is 33.6 Å². The lowest BCUT2D eigenvalue weighted by molar-refractivity contribution is 0.306. The Morgan fingerprint density at radius 1 is 1.03 bits per heavy atom. The molecule has 2 aromatic heterocycles. The number of benzene rings is 2. The molecule has 0 spiro atoms. The molecule has 2 heterocycles. The molecule has 0 aliphatic heterocycles. The van der Waals surface area contributed by atoms with E-state index < -0.39 is 10.0 Å². The highest BCUT2D eigenvalue weighted by atomic mass is 35.5. The molecule has 0 aliphatic carbocycles. The zero-order valence-corrected chi connectivity index (χ0v) is 19.3.